The van der Waals surface area contributed by atoms with Crippen LogP contribution in [-0.4, -0.2) is 39.0 Å². The van der Waals surface area contributed by atoms with Crippen molar-refractivity contribution in [2.24, 2.45) is 5.73 Å². The molecular formula is C17H23N5OS. The molecule has 1 unspecified atom stereocenters. The number of nitrogens with zero attached hydrogens (tertiary/aromatic N) is 4. The molecule has 3 rings (SSSR count). The van der Waals surface area contributed by atoms with Gasteiger partial charge in [-0.2, -0.15) is 0 Å². The van der Waals surface area contributed by atoms with Gasteiger partial charge in [0, 0.05) is 13.1 Å². The zero-order chi connectivity index (χ0) is 17.1. The zero-order valence-electron chi connectivity index (χ0n) is 14.1. The van der Waals surface area contributed by atoms with E-state index in [1.54, 1.807) is 0 Å². The van der Waals surface area contributed by atoms with Gasteiger partial charge in [-0.3, -0.25) is 9.36 Å². The summed E-state index contributed by atoms with van der Waals surface area (Å²) in [4.78, 5) is 13.9. The Bertz CT molecular complexity index is 706. The lowest BCUT2D eigenvalue weighted by Crippen LogP contribution is -2.25. The number of amides is 1. The first-order valence-electron chi connectivity index (χ1n) is 8.33. The predicted molar refractivity (Wildman–Crippen MR) is 96.7 cm³/mol. The van der Waals surface area contributed by atoms with Crippen LogP contribution in [0.1, 0.15) is 31.7 Å². The first-order valence-corrected chi connectivity index (χ1v) is 9.21. The minimum atomic E-state index is -0.316. The van der Waals surface area contributed by atoms with Gasteiger partial charge in [0.05, 0.1) is 10.9 Å². The maximum absolute atomic E-state index is 11.6. The fraction of sp³-hybridized carbons (Fsp3) is 0.471. The van der Waals surface area contributed by atoms with E-state index in [1.165, 1.54) is 30.2 Å². The van der Waals surface area contributed by atoms with Crippen LogP contribution < -0.4 is 10.6 Å². The molecule has 2 aromatic rings. The minimum Gasteiger partial charge on any atom is -0.369 e. The average molecular weight is 345 g/mol. The van der Waals surface area contributed by atoms with Crippen molar-refractivity contribution in [2.45, 2.75) is 43.5 Å². The van der Waals surface area contributed by atoms with Crippen molar-refractivity contribution in [3.63, 3.8) is 0 Å². The van der Waals surface area contributed by atoms with Crippen LogP contribution in [0.2, 0.25) is 0 Å². The lowest BCUT2D eigenvalue weighted by atomic mass is 10.2. The molecule has 1 fully saturated rings. The van der Waals surface area contributed by atoms with Gasteiger partial charge < -0.3 is 10.6 Å². The molecule has 128 valence electrons. The summed E-state index contributed by atoms with van der Waals surface area (Å²) in [5.41, 5.74) is 7.71. The summed E-state index contributed by atoms with van der Waals surface area (Å²) < 4.78 is 2.04. The number of carbonyl (C=O) groups excluding carboxylic acids is 1. The fourth-order valence-electron chi connectivity index (χ4n) is 2.85. The van der Waals surface area contributed by atoms with Crippen LogP contribution in [0.5, 0.6) is 0 Å². The molecule has 0 radical (unpaired) electrons. The van der Waals surface area contributed by atoms with Crippen molar-refractivity contribution >= 4 is 23.6 Å². The Labute approximate surface area is 146 Å². The molecule has 7 heteroatoms. The van der Waals surface area contributed by atoms with Crippen LogP contribution in [0.3, 0.4) is 0 Å². The van der Waals surface area contributed by atoms with Gasteiger partial charge in [-0.15, -0.1) is 10.2 Å². The zero-order valence-corrected chi connectivity index (χ0v) is 14.9. The lowest BCUT2D eigenvalue weighted by Gasteiger charge is -2.19. The standard InChI is InChI=1S/C17H23N5OS/c1-3-14(15(18)23)24-17-20-19-16(21-10-4-5-11-21)22(17)13-8-6-12(2)7-9-13/h6-9,14H,3-5,10-11H2,1-2H3,(H2,18,23). The summed E-state index contributed by atoms with van der Waals surface area (Å²) in [7, 11) is 0. The summed E-state index contributed by atoms with van der Waals surface area (Å²) in [6.07, 6.45) is 3.00. The number of aryl methyl sites for hydroxylation is 1. The Morgan fingerprint density at radius 1 is 1.25 bits per heavy atom. The minimum absolute atomic E-state index is 0.301. The highest BCUT2D eigenvalue weighted by molar-refractivity contribution is 8.00. The summed E-state index contributed by atoms with van der Waals surface area (Å²) in [6, 6.07) is 8.27. The molecule has 1 saturated heterocycles. The number of rotatable bonds is 6. The van der Waals surface area contributed by atoms with Gasteiger partial charge in [-0.05, 0) is 38.3 Å². The van der Waals surface area contributed by atoms with E-state index in [9.17, 15) is 4.79 Å². The maximum atomic E-state index is 11.6. The van der Waals surface area contributed by atoms with Gasteiger partial charge in [0.1, 0.15) is 0 Å². The average Bonchev–Trinajstić information content (AvgIpc) is 3.22. The summed E-state index contributed by atoms with van der Waals surface area (Å²) in [5, 5.41) is 9.18. The fourth-order valence-corrected chi connectivity index (χ4v) is 3.77. The second-order valence-corrected chi connectivity index (χ2v) is 7.23. The molecule has 1 aliphatic heterocycles. The van der Waals surface area contributed by atoms with E-state index in [0.717, 1.165) is 24.7 Å². The smallest absolute Gasteiger partial charge is 0.232 e. The molecule has 1 aromatic carbocycles. The normalized spacial score (nSPS) is 15.7. The van der Waals surface area contributed by atoms with Gasteiger partial charge in [-0.1, -0.05) is 36.4 Å². The Balaban J connectivity index is 2.02. The number of thioether (sulfide) groups is 1. The van der Waals surface area contributed by atoms with Crippen LogP contribution in [0.4, 0.5) is 5.95 Å². The third-order valence-electron chi connectivity index (χ3n) is 4.23. The molecule has 1 aliphatic rings. The summed E-state index contributed by atoms with van der Waals surface area (Å²) in [6.45, 7) is 5.99. The van der Waals surface area contributed by atoms with Gasteiger partial charge in [0.15, 0.2) is 5.16 Å². The predicted octanol–water partition coefficient (Wildman–Crippen LogP) is 2.53. The number of hydrogen-bond acceptors (Lipinski definition) is 5. The van der Waals surface area contributed by atoms with E-state index in [-0.39, 0.29) is 11.2 Å². The topological polar surface area (TPSA) is 77.0 Å². The van der Waals surface area contributed by atoms with Crippen LogP contribution >= 0.6 is 11.8 Å². The van der Waals surface area contributed by atoms with Gasteiger partial charge in [0.25, 0.3) is 0 Å². The van der Waals surface area contributed by atoms with Crippen LogP contribution in [0.15, 0.2) is 29.4 Å². The third kappa shape index (κ3) is 3.40. The van der Waals surface area contributed by atoms with Gasteiger partial charge >= 0.3 is 0 Å². The van der Waals surface area contributed by atoms with E-state index in [1.807, 2.05) is 11.5 Å². The molecule has 1 amide bonds. The quantitative estimate of drug-likeness (QED) is 0.814. The molecule has 2 N–H and O–H groups in total. The monoisotopic (exact) mass is 345 g/mol. The summed E-state index contributed by atoms with van der Waals surface area (Å²) in [5.74, 6) is 0.529. The van der Waals surface area contributed by atoms with Crippen molar-refractivity contribution in [3.8, 4) is 5.69 Å². The first kappa shape index (κ1) is 16.8. The highest BCUT2D eigenvalue weighted by Crippen LogP contribution is 2.31. The Morgan fingerprint density at radius 2 is 1.92 bits per heavy atom. The SMILES string of the molecule is CCC(Sc1nnc(N2CCCC2)n1-c1ccc(C)cc1)C(N)=O. The van der Waals surface area contributed by atoms with Crippen LogP contribution in [-0.2, 0) is 4.79 Å². The molecule has 0 aliphatic carbocycles. The molecule has 1 atom stereocenters. The Morgan fingerprint density at radius 3 is 2.50 bits per heavy atom. The number of carbonyl (C=O) groups is 1. The lowest BCUT2D eigenvalue weighted by molar-refractivity contribution is -0.117. The largest absolute Gasteiger partial charge is 0.369 e. The molecule has 1 aromatic heterocycles. The maximum Gasteiger partial charge on any atom is 0.232 e. The number of nitrogens with two attached hydrogens (primary N) is 1. The van der Waals surface area contributed by atoms with Crippen LogP contribution in [0.25, 0.3) is 5.69 Å². The first-order chi connectivity index (χ1) is 11.6. The molecule has 0 bridgehead atoms. The molecular weight excluding hydrogens is 322 g/mol. The second-order valence-electron chi connectivity index (χ2n) is 6.06. The van der Waals surface area contributed by atoms with Crippen molar-refractivity contribution in [1.29, 1.82) is 0 Å². The molecule has 0 saturated carbocycles. The molecule has 6 nitrogen and oxygen atoms in total. The highest BCUT2D eigenvalue weighted by atomic mass is 32.2. The van der Waals surface area contributed by atoms with Crippen molar-refractivity contribution < 1.29 is 4.79 Å². The van der Waals surface area contributed by atoms with E-state index in [0.29, 0.717) is 11.6 Å². The van der Waals surface area contributed by atoms with E-state index >= 15 is 0 Å². The van der Waals surface area contributed by atoms with E-state index in [2.05, 4.69) is 46.3 Å². The number of aromatic nitrogens is 3. The number of benzene rings is 1. The van der Waals surface area contributed by atoms with Crippen molar-refractivity contribution in [3.05, 3.63) is 29.8 Å². The van der Waals surface area contributed by atoms with Crippen LogP contribution in [0, 0.1) is 6.92 Å². The van der Waals surface area contributed by atoms with Crippen molar-refractivity contribution in [2.75, 3.05) is 18.0 Å². The number of anilines is 1. The molecule has 24 heavy (non-hydrogen) atoms. The summed E-state index contributed by atoms with van der Waals surface area (Å²) >= 11 is 1.39. The third-order valence-corrected chi connectivity index (χ3v) is 5.56. The van der Waals surface area contributed by atoms with Crippen molar-refractivity contribution in [1.82, 2.24) is 14.8 Å². The number of primary amides is 1. The molecule has 0 spiro atoms. The Kier molecular flexibility index (Phi) is 5.08. The van der Waals surface area contributed by atoms with E-state index in [4.69, 9.17) is 5.73 Å². The Hall–Kier alpha value is -2.02. The van der Waals surface area contributed by atoms with E-state index < -0.39 is 0 Å². The van der Waals surface area contributed by atoms with Gasteiger partial charge in [0.2, 0.25) is 11.9 Å². The molecule has 2 heterocycles. The van der Waals surface area contributed by atoms with Gasteiger partial charge in [-0.25, -0.2) is 0 Å². The second kappa shape index (κ2) is 7.25. The number of hydrogen-bond donors (Lipinski definition) is 1. The highest BCUT2D eigenvalue weighted by Gasteiger charge is 2.25.